The van der Waals surface area contributed by atoms with E-state index in [1.165, 1.54) is 38.5 Å². The van der Waals surface area contributed by atoms with Crippen molar-refractivity contribution in [1.29, 1.82) is 0 Å². The molecule has 0 saturated carbocycles. The van der Waals surface area contributed by atoms with Gasteiger partial charge >= 0.3 is 5.97 Å². The number of Topliss-reactive ketones (excluding diaryl/α,β-unsaturated/α-hetero) is 1. The summed E-state index contributed by atoms with van der Waals surface area (Å²) >= 11 is 0. The topological polar surface area (TPSA) is 71.1 Å². The van der Waals surface area contributed by atoms with Crippen LogP contribution < -0.4 is 14.2 Å². The normalized spacial score (nSPS) is 12.5. The monoisotopic (exact) mass is 396 g/mol. The van der Waals surface area contributed by atoms with Crippen LogP contribution in [0.15, 0.2) is 36.4 Å². The molecule has 0 N–H and O–H groups in total. The molecular formula is C23H24O6. The fourth-order valence-corrected chi connectivity index (χ4v) is 3.38. The number of fused-ring (bicyclic) bond motifs is 1. The van der Waals surface area contributed by atoms with Crippen molar-refractivity contribution in [3.63, 3.8) is 0 Å². The summed E-state index contributed by atoms with van der Waals surface area (Å²) in [5.74, 6) is 0.607. The van der Waals surface area contributed by atoms with Gasteiger partial charge in [0.05, 0.1) is 21.3 Å². The number of ketones is 1. The first-order chi connectivity index (χ1) is 14.0. The van der Waals surface area contributed by atoms with Gasteiger partial charge in [-0.25, -0.2) is 4.79 Å². The first-order valence-corrected chi connectivity index (χ1v) is 9.35. The second-order valence-corrected chi connectivity index (χ2v) is 6.66. The van der Waals surface area contributed by atoms with Crippen molar-refractivity contribution in [3.05, 3.63) is 58.7 Å². The van der Waals surface area contributed by atoms with Crippen LogP contribution in [0, 0.1) is 0 Å². The summed E-state index contributed by atoms with van der Waals surface area (Å²) < 4.78 is 20.9. The largest absolute Gasteiger partial charge is 0.493 e. The molecule has 0 amide bonds. The molecular weight excluding hydrogens is 372 g/mol. The van der Waals surface area contributed by atoms with Crippen LogP contribution in [0.1, 0.15) is 33.5 Å². The average Bonchev–Trinajstić information content (AvgIpc) is 3.22. The highest BCUT2D eigenvalue weighted by molar-refractivity contribution is 5.99. The molecule has 0 aliphatic heterocycles. The van der Waals surface area contributed by atoms with E-state index in [1.54, 1.807) is 24.3 Å². The van der Waals surface area contributed by atoms with Crippen molar-refractivity contribution >= 4 is 17.8 Å². The van der Waals surface area contributed by atoms with Gasteiger partial charge in [0.2, 0.25) is 5.75 Å². The third-order valence-electron chi connectivity index (χ3n) is 4.86. The van der Waals surface area contributed by atoms with Gasteiger partial charge in [-0.1, -0.05) is 12.1 Å². The van der Waals surface area contributed by atoms with Gasteiger partial charge in [-0.3, -0.25) is 4.79 Å². The summed E-state index contributed by atoms with van der Waals surface area (Å²) in [6.07, 6.45) is 6.00. The molecule has 0 bridgehead atoms. The lowest BCUT2D eigenvalue weighted by Crippen LogP contribution is -2.12. The van der Waals surface area contributed by atoms with Gasteiger partial charge in [0.25, 0.3) is 0 Å². The quantitative estimate of drug-likeness (QED) is 0.385. The van der Waals surface area contributed by atoms with Crippen LogP contribution in [-0.2, 0) is 22.4 Å². The number of carbonyl (C=O) groups excluding carboxylic acids is 2. The van der Waals surface area contributed by atoms with Gasteiger partial charge in [0.1, 0.15) is 0 Å². The summed E-state index contributed by atoms with van der Waals surface area (Å²) in [5.41, 5.74) is 3.75. The second kappa shape index (κ2) is 9.28. The molecule has 0 fully saturated rings. The van der Waals surface area contributed by atoms with E-state index in [2.05, 4.69) is 0 Å². The van der Waals surface area contributed by atoms with E-state index >= 15 is 0 Å². The maximum atomic E-state index is 12.3. The van der Waals surface area contributed by atoms with Crippen LogP contribution in [0.5, 0.6) is 17.2 Å². The Kier molecular flexibility index (Phi) is 6.54. The Hall–Kier alpha value is -3.28. The van der Waals surface area contributed by atoms with E-state index in [9.17, 15) is 9.59 Å². The number of hydrogen-bond donors (Lipinski definition) is 0. The van der Waals surface area contributed by atoms with Crippen LogP contribution in [0.25, 0.3) is 6.08 Å². The van der Waals surface area contributed by atoms with Crippen molar-refractivity contribution in [2.75, 3.05) is 27.9 Å². The zero-order valence-electron chi connectivity index (χ0n) is 16.8. The molecule has 6 nitrogen and oxygen atoms in total. The minimum absolute atomic E-state index is 0.214. The van der Waals surface area contributed by atoms with Gasteiger partial charge in [-0.15, -0.1) is 0 Å². The van der Waals surface area contributed by atoms with Crippen LogP contribution >= 0.6 is 0 Å². The molecule has 1 aliphatic carbocycles. The Morgan fingerprint density at radius 3 is 2.28 bits per heavy atom. The molecule has 29 heavy (non-hydrogen) atoms. The zero-order chi connectivity index (χ0) is 20.8. The Labute approximate surface area is 170 Å². The van der Waals surface area contributed by atoms with E-state index in [0.717, 1.165) is 19.3 Å². The number of carbonyl (C=O) groups is 2. The van der Waals surface area contributed by atoms with E-state index < -0.39 is 5.97 Å². The maximum absolute atomic E-state index is 12.3. The molecule has 0 spiro atoms. The number of ether oxygens (including phenoxy) is 4. The highest BCUT2D eigenvalue weighted by atomic mass is 16.5. The van der Waals surface area contributed by atoms with E-state index in [-0.39, 0.29) is 12.4 Å². The fraction of sp³-hybridized carbons (Fsp3) is 0.304. The molecule has 3 rings (SSSR count). The summed E-state index contributed by atoms with van der Waals surface area (Å²) in [6.45, 7) is -0.294. The first kappa shape index (κ1) is 20.5. The van der Waals surface area contributed by atoms with Gasteiger partial charge < -0.3 is 18.9 Å². The molecule has 0 radical (unpaired) electrons. The number of rotatable bonds is 8. The highest BCUT2D eigenvalue weighted by Gasteiger charge is 2.15. The lowest BCUT2D eigenvalue weighted by molar-refractivity contribution is -0.136. The van der Waals surface area contributed by atoms with Crippen molar-refractivity contribution in [2.45, 2.75) is 19.3 Å². The number of methoxy groups -OCH3 is 3. The highest BCUT2D eigenvalue weighted by Crippen LogP contribution is 2.38. The smallest absolute Gasteiger partial charge is 0.331 e. The number of benzene rings is 2. The van der Waals surface area contributed by atoms with Gasteiger partial charge in [-0.05, 0) is 60.2 Å². The van der Waals surface area contributed by atoms with Gasteiger partial charge in [-0.2, -0.15) is 0 Å². The minimum atomic E-state index is -0.603. The average molecular weight is 396 g/mol. The molecule has 0 aromatic heterocycles. The van der Waals surface area contributed by atoms with E-state index in [0.29, 0.717) is 28.4 Å². The van der Waals surface area contributed by atoms with E-state index in [1.807, 2.05) is 12.1 Å². The predicted molar refractivity (Wildman–Crippen MR) is 109 cm³/mol. The predicted octanol–water partition coefficient (Wildman–Crippen LogP) is 3.64. The summed E-state index contributed by atoms with van der Waals surface area (Å²) in [4.78, 5) is 24.3. The lowest BCUT2D eigenvalue weighted by Gasteiger charge is -2.12. The summed E-state index contributed by atoms with van der Waals surface area (Å²) in [5, 5.41) is 0. The molecule has 0 atom stereocenters. The molecule has 6 heteroatoms. The van der Waals surface area contributed by atoms with Crippen molar-refractivity contribution in [2.24, 2.45) is 0 Å². The molecule has 152 valence electrons. The Balaban J connectivity index is 1.62. The third kappa shape index (κ3) is 4.77. The van der Waals surface area contributed by atoms with Crippen LogP contribution in [0.4, 0.5) is 0 Å². The number of esters is 1. The van der Waals surface area contributed by atoms with Gasteiger partial charge in [0, 0.05) is 11.6 Å². The zero-order valence-corrected chi connectivity index (χ0v) is 16.8. The molecule has 2 aromatic carbocycles. The molecule has 0 saturated heterocycles. The van der Waals surface area contributed by atoms with E-state index in [4.69, 9.17) is 18.9 Å². The first-order valence-electron chi connectivity index (χ1n) is 9.35. The summed E-state index contributed by atoms with van der Waals surface area (Å²) in [6, 6.07) is 9.11. The number of hydrogen-bond acceptors (Lipinski definition) is 6. The maximum Gasteiger partial charge on any atom is 0.331 e. The molecule has 1 aliphatic rings. The Morgan fingerprint density at radius 2 is 1.62 bits per heavy atom. The van der Waals surface area contributed by atoms with Crippen LogP contribution in [-0.4, -0.2) is 39.7 Å². The third-order valence-corrected chi connectivity index (χ3v) is 4.86. The van der Waals surface area contributed by atoms with Gasteiger partial charge in [0.15, 0.2) is 23.9 Å². The second-order valence-electron chi connectivity index (χ2n) is 6.66. The standard InChI is InChI=1S/C23H24O6/c1-26-20-11-15(12-21(27-2)23(20)28-3)7-10-22(25)29-14-19(24)18-9-8-16-5-4-6-17(16)13-18/h7-13H,4-6,14H2,1-3H3/b10-7+. The lowest BCUT2D eigenvalue weighted by atomic mass is 10.0. The molecule has 2 aromatic rings. The number of aryl methyl sites for hydroxylation is 2. The Bertz CT molecular complexity index is 919. The summed E-state index contributed by atoms with van der Waals surface area (Å²) in [7, 11) is 4.55. The van der Waals surface area contributed by atoms with Crippen molar-refractivity contribution < 1.29 is 28.5 Å². The van der Waals surface area contributed by atoms with Crippen LogP contribution in [0.3, 0.4) is 0 Å². The Morgan fingerprint density at radius 1 is 0.931 bits per heavy atom. The van der Waals surface area contributed by atoms with Crippen molar-refractivity contribution in [3.8, 4) is 17.2 Å². The molecule has 0 unspecified atom stereocenters. The molecule has 0 heterocycles. The SMILES string of the molecule is COc1cc(/C=C/C(=O)OCC(=O)c2ccc3c(c2)CCC3)cc(OC)c1OC. The minimum Gasteiger partial charge on any atom is -0.493 e. The van der Waals surface area contributed by atoms with Crippen molar-refractivity contribution in [1.82, 2.24) is 0 Å². The van der Waals surface area contributed by atoms with Crippen LogP contribution in [0.2, 0.25) is 0 Å². The fourth-order valence-electron chi connectivity index (χ4n) is 3.38.